The zero-order valence-corrected chi connectivity index (χ0v) is 8.65. The molecule has 2 rings (SSSR count). The minimum absolute atomic E-state index is 0.0947. The number of hydrogen-bond acceptors (Lipinski definition) is 4. The normalized spacial score (nSPS) is 26.5. The van der Waals surface area contributed by atoms with E-state index in [1.54, 1.807) is 0 Å². The minimum atomic E-state index is -0.0947. The molecule has 15 heavy (non-hydrogen) atoms. The number of aliphatic hydroxyl groups excluding tert-OH is 1. The highest BCUT2D eigenvalue weighted by Crippen LogP contribution is 2.17. The van der Waals surface area contributed by atoms with Gasteiger partial charge in [-0.3, -0.25) is 0 Å². The van der Waals surface area contributed by atoms with Crippen molar-refractivity contribution in [2.45, 2.75) is 32.0 Å². The maximum Gasteiger partial charge on any atom is 0.158 e. The maximum atomic E-state index is 9.07. The van der Waals surface area contributed by atoms with E-state index < -0.39 is 0 Å². The minimum Gasteiger partial charge on any atom is -0.509 e. The molecule has 2 aliphatic rings. The van der Waals surface area contributed by atoms with Crippen LogP contribution in [0.15, 0.2) is 23.9 Å². The van der Waals surface area contributed by atoms with E-state index in [0.717, 1.165) is 31.6 Å². The van der Waals surface area contributed by atoms with Crippen molar-refractivity contribution in [2.24, 2.45) is 0 Å². The largest absolute Gasteiger partial charge is 0.509 e. The van der Waals surface area contributed by atoms with E-state index in [9.17, 15) is 0 Å². The number of rotatable bonds is 3. The quantitative estimate of drug-likeness (QED) is 0.779. The molecule has 4 nitrogen and oxygen atoms in total. The molecule has 0 aromatic heterocycles. The maximum absolute atomic E-state index is 9.07. The Morgan fingerprint density at radius 1 is 1.47 bits per heavy atom. The molecule has 4 heteroatoms. The molecule has 0 aromatic rings. The number of allylic oxidation sites excluding steroid dienone is 1. The van der Waals surface area contributed by atoms with Crippen LogP contribution in [0, 0.1) is 0 Å². The number of aliphatic hydroxyl groups is 1. The molecule has 0 radical (unpaired) electrons. The van der Waals surface area contributed by atoms with Gasteiger partial charge in [0.15, 0.2) is 6.29 Å². The molecular weight excluding hydrogens is 196 g/mol. The summed E-state index contributed by atoms with van der Waals surface area (Å²) >= 11 is 0. The fourth-order valence-electron chi connectivity index (χ4n) is 1.57. The van der Waals surface area contributed by atoms with Gasteiger partial charge >= 0.3 is 0 Å². The first kappa shape index (κ1) is 10.5. The molecule has 0 amide bonds. The van der Waals surface area contributed by atoms with Gasteiger partial charge < -0.3 is 19.3 Å². The molecule has 2 heterocycles. The lowest BCUT2D eigenvalue weighted by atomic mass is 10.2. The molecule has 0 aliphatic carbocycles. The summed E-state index contributed by atoms with van der Waals surface area (Å²) < 4.78 is 16.1. The Hall–Kier alpha value is -1.00. The summed E-state index contributed by atoms with van der Waals surface area (Å²) in [6, 6.07) is 0. The second-order valence-corrected chi connectivity index (χ2v) is 3.71. The first-order valence-corrected chi connectivity index (χ1v) is 5.31. The van der Waals surface area contributed by atoms with Crippen molar-refractivity contribution >= 4 is 0 Å². The highest BCUT2D eigenvalue weighted by molar-refractivity contribution is 5.07. The van der Waals surface area contributed by atoms with Crippen molar-refractivity contribution in [1.29, 1.82) is 0 Å². The van der Waals surface area contributed by atoms with E-state index in [4.69, 9.17) is 19.3 Å². The van der Waals surface area contributed by atoms with Crippen LogP contribution in [-0.2, 0) is 14.2 Å². The van der Waals surface area contributed by atoms with Crippen LogP contribution in [0.1, 0.15) is 25.7 Å². The fourth-order valence-corrected chi connectivity index (χ4v) is 1.57. The Balaban J connectivity index is 1.69. The zero-order valence-electron chi connectivity index (χ0n) is 8.65. The lowest BCUT2D eigenvalue weighted by Crippen LogP contribution is -2.23. The van der Waals surface area contributed by atoms with Crippen LogP contribution in [-0.4, -0.2) is 24.6 Å². The third-order valence-electron chi connectivity index (χ3n) is 2.43. The summed E-state index contributed by atoms with van der Waals surface area (Å²) in [6.45, 7) is 1.19. The Morgan fingerprint density at radius 3 is 3.07 bits per heavy atom. The van der Waals surface area contributed by atoms with Crippen LogP contribution in [0.25, 0.3) is 0 Å². The smallest absolute Gasteiger partial charge is 0.158 e. The Bertz CT molecular complexity index is 264. The lowest BCUT2D eigenvalue weighted by Gasteiger charge is -2.23. The van der Waals surface area contributed by atoms with Crippen LogP contribution < -0.4 is 0 Å². The molecule has 1 N–H and O–H groups in total. The summed E-state index contributed by atoms with van der Waals surface area (Å²) in [6.07, 6.45) is 6.82. The monoisotopic (exact) mass is 212 g/mol. The van der Waals surface area contributed by atoms with E-state index in [1.807, 2.05) is 6.08 Å². The van der Waals surface area contributed by atoms with Gasteiger partial charge in [0.05, 0.1) is 0 Å². The second-order valence-electron chi connectivity index (χ2n) is 3.71. The first-order valence-electron chi connectivity index (χ1n) is 5.31. The molecule has 1 saturated heterocycles. The van der Waals surface area contributed by atoms with Gasteiger partial charge in [-0.15, -0.1) is 0 Å². The predicted octanol–water partition coefficient (Wildman–Crippen LogP) is 2.23. The zero-order chi connectivity index (χ0) is 10.5. The van der Waals surface area contributed by atoms with Crippen LogP contribution in [0.2, 0.25) is 0 Å². The highest BCUT2D eigenvalue weighted by Gasteiger charge is 2.15. The van der Waals surface area contributed by atoms with Crippen molar-refractivity contribution in [3.05, 3.63) is 23.9 Å². The molecule has 2 aliphatic heterocycles. The van der Waals surface area contributed by atoms with E-state index in [0.29, 0.717) is 13.0 Å². The molecule has 84 valence electrons. The standard InChI is InChI=1S/C11H16O4/c12-9-4-5-10(14-7-9)8-15-11-3-1-2-6-13-11/h5,7,11-12H,1-4,6,8H2. The predicted molar refractivity (Wildman–Crippen MR) is 54.0 cm³/mol. The third-order valence-corrected chi connectivity index (χ3v) is 2.43. The van der Waals surface area contributed by atoms with Gasteiger partial charge in [0, 0.05) is 13.0 Å². The summed E-state index contributed by atoms with van der Waals surface area (Å²) in [4.78, 5) is 0. The van der Waals surface area contributed by atoms with Crippen molar-refractivity contribution in [3.63, 3.8) is 0 Å². The Kier molecular flexibility index (Phi) is 3.64. The van der Waals surface area contributed by atoms with Gasteiger partial charge in [0.25, 0.3) is 0 Å². The Labute approximate surface area is 89.1 Å². The summed E-state index contributed by atoms with van der Waals surface area (Å²) in [5, 5.41) is 9.07. The topological polar surface area (TPSA) is 47.9 Å². The van der Waals surface area contributed by atoms with Gasteiger partial charge in [0.1, 0.15) is 24.4 Å². The molecule has 0 aromatic carbocycles. The molecule has 1 atom stereocenters. The van der Waals surface area contributed by atoms with Crippen molar-refractivity contribution in [1.82, 2.24) is 0 Å². The van der Waals surface area contributed by atoms with E-state index in [1.165, 1.54) is 6.26 Å². The Morgan fingerprint density at radius 2 is 2.40 bits per heavy atom. The molecular formula is C11H16O4. The summed E-state index contributed by atoms with van der Waals surface area (Å²) in [5.41, 5.74) is 0. The van der Waals surface area contributed by atoms with E-state index in [-0.39, 0.29) is 12.0 Å². The van der Waals surface area contributed by atoms with E-state index in [2.05, 4.69) is 0 Å². The SMILES string of the molecule is OC1=COC(COC2CCCCO2)=CC1. The number of ether oxygens (including phenoxy) is 3. The van der Waals surface area contributed by atoms with Gasteiger partial charge in [-0.2, -0.15) is 0 Å². The molecule has 0 bridgehead atoms. The van der Waals surface area contributed by atoms with Crippen molar-refractivity contribution < 1.29 is 19.3 Å². The average Bonchev–Trinajstić information content (AvgIpc) is 2.30. The van der Waals surface area contributed by atoms with Gasteiger partial charge in [0.2, 0.25) is 0 Å². The lowest BCUT2D eigenvalue weighted by molar-refractivity contribution is -0.160. The van der Waals surface area contributed by atoms with Crippen LogP contribution in [0.4, 0.5) is 0 Å². The van der Waals surface area contributed by atoms with Crippen LogP contribution in [0.3, 0.4) is 0 Å². The van der Waals surface area contributed by atoms with Crippen molar-refractivity contribution in [3.8, 4) is 0 Å². The molecule has 0 saturated carbocycles. The molecule has 1 fully saturated rings. The number of hydrogen-bond donors (Lipinski definition) is 1. The molecule has 0 spiro atoms. The second kappa shape index (κ2) is 5.19. The summed E-state index contributed by atoms with van der Waals surface area (Å²) in [7, 11) is 0. The highest BCUT2D eigenvalue weighted by atomic mass is 16.7. The van der Waals surface area contributed by atoms with Crippen LogP contribution in [0.5, 0.6) is 0 Å². The summed E-state index contributed by atoms with van der Waals surface area (Å²) in [5.74, 6) is 0.981. The van der Waals surface area contributed by atoms with E-state index >= 15 is 0 Å². The first-order chi connectivity index (χ1) is 7.34. The van der Waals surface area contributed by atoms with Gasteiger partial charge in [-0.05, 0) is 25.3 Å². The van der Waals surface area contributed by atoms with Gasteiger partial charge in [-0.25, -0.2) is 0 Å². The third kappa shape index (κ3) is 3.25. The van der Waals surface area contributed by atoms with Gasteiger partial charge in [-0.1, -0.05) is 0 Å². The fraction of sp³-hybridized carbons (Fsp3) is 0.636. The molecule has 1 unspecified atom stereocenters. The van der Waals surface area contributed by atoms with Crippen molar-refractivity contribution in [2.75, 3.05) is 13.2 Å². The van der Waals surface area contributed by atoms with Crippen LogP contribution >= 0.6 is 0 Å². The average molecular weight is 212 g/mol.